The molecule has 2 aliphatic rings. The normalized spacial score (nSPS) is 26.3. The zero-order valence-corrected chi connectivity index (χ0v) is 16.7. The summed E-state index contributed by atoms with van der Waals surface area (Å²) in [6.45, 7) is 9.73. The Labute approximate surface area is 162 Å². The Kier molecular flexibility index (Phi) is 6.47. The highest BCUT2D eigenvalue weighted by Crippen LogP contribution is 2.39. The summed E-state index contributed by atoms with van der Waals surface area (Å²) in [5.41, 5.74) is 1.26. The third-order valence-corrected chi connectivity index (χ3v) is 6.18. The molecule has 0 saturated carbocycles. The minimum atomic E-state index is 0.199. The van der Waals surface area contributed by atoms with Crippen molar-refractivity contribution in [2.75, 3.05) is 37.7 Å². The molecule has 1 aliphatic carbocycles. The maximum absolute atomic E-state index is 12.9. The fourth-order valence-corrected chi connectivity index (χ4v) is 4.44. The van der Waals surface area contributed by atoms with Gasteiger partial charge in [0.2, 0.25) is 11.9 Å². The van der Waals surface area contributed by atoms with E-state index in [-0.39, 0.29) is 18.4 Å². The summed E-state index contributed by atoms with van der Waals surface area (Å²) >= 11 is 0. The van der Waals surface area contributed by atoms with Crippen molar-refractivity contribution in [3.63, 3.8) is 0 Å². The molecule has 2 heterocycles. The van der Waals surface area contributed by atoms with Gasteiger partial charge in [-0.3, -0.25) is 4.79 Å². The lowest BCUT2D eigenvalue weighted by molar-refractivity contribution is -0.132. The van der Waals surface area contributed by atoms with Gasteiger partial charge in [0.05, 0.1) is 0 Å². The molecule has 1 aromatic rings. The Morgan fingerprint density at radius 2 is 1.89 bits per heavy atom. The summed E-state index contributed by atoms with van der Waals surface area (Å²) in [5, 5.41) is 9.68. The van der Waals surface area contributed by atoms with E-state index >= 15 is 0 Å². The van der Waals surface area contributed by atoms with Crippen molar-refractivity contribution in [2.24, 2.45) is 23.7 Å². The van der Waals surface area contributed by atoms with Gasteiger partial charge >= 0.3 is 0 Å². The zero-order valence-electron chi connectivity index (χ0n) is 16.7. The number of piperazine rings is 1. The molecule has 6 nitrogen and oxygen atoms in total. The molecule has 3 atom stereocenters. The van der Waals surface area contributed by atoms with Crippen LogP contribution in [0.1, 0.15) is 33.6 Å². The number of anilines is 1. The number of carbonyl (C=O) groups is 1. The van der Waals surface area contributed by atoms with E-state index in [9.17, 15) is 9.90 Å². The second-order valence-electron chi connectivity index (χ2n) is 8.22. The number of allylic oxidation sites excluding steroid dienone is 1. The number of aliphatic hydroxyl groups excluding tert-OH is 1. The number of nitrogens with zero attached hydrogens (tertiary/aromatic N) is 4. The second-order valence-corrected chi connectivity index (χ2v) is 8.22. The van der Waals surface area contributed by atoms with Crippen molar-refractivity contribution >= 4 is 11.9 Å². The number of rotatable bonds is 5. The van der Waals surface area contributed by atoms with Crippen LogP contribution in [0.25, 0.3) is 0 Å². The minimum Gasteiger partial charge on any atom is -0.396 e. The minimum absolute atomic E-state index is 0.199. The van der Waals surface area contributed by atoms with Crippen LogP contribution in [0.2, 0.25) is 0 Å². The lowest BCUT2D eigenvalue weighted by atomic mass is 9.70. The Hall–Kier alpha value is -1.95. The third-order valence-electron chi connectivity index (χ3n) is 6.18. The lowest BCUT2D eigenvalue weighted by Gasteiger charge is -2.38. The molecule has 1 saturated heterocycles. The quantitative estimate of drug-likeness (QED) is 0.804. The molecule has 1 aromatic heterocycles. The first kappa shape index (κ1) is 19.8. The first-order valence-corrected chi connectivity index (χ1v) is 10.1. The van der Waals surface area contributed by atoms with Gasteiger partial charge in [-0.25, -0.2) is 9.97 Å². The van der Waals surface area contributed by atoms with Gasteiger partial charge in [0.15, 0.2) is 0 Å². The van der Waals surface area contributed by atoms with Crippen molar-refractivity contribution in [3.05, 3.63) is 30.1 Å². The zero-order chi connectivity index (χ0) is 19.4. The molecule has 1 N–H and O–H groups in total. The fraction of sp³-hybridized carbons (Fsp3) is 0.667. The van der Waals surface area contributed by atoms with Gasteiger partial charge in [-0.2, -0.15) is 0 Å². The van der Waals surface area contributed by atoms with Crippen LogP contribution >= 0.6 is 0 Å². The summed E-state index contributed by atoms with van der Waals surface area (Å²) in [6.07, 6.45) is 7.28. The highest BCUT2D eigenvalue weighted by molar-refractivity contribution is 5.77. The molecule has 1 fully saturated rings. The highest BCUT2D eigenvalue weighted by atomic mass is 16.3. The van der Waals surface area contributed by atoms with E-state index in [1.807, 2.05) is 11.0 Å². The molecule has 0 aromatic carbocycles. The van der Waals surface area contributed by atoms with E-state index in [1.165, 1.54) is 5.57 Å². The van der Waals surface area contributed by atoms with Crippen molar-refractivity contribution in [2.45, 2.75) is 33.6 Å². The predicted molar refractivity (Wildman–Crippen MR) is 106 cm³/mol. The maximum atomic E-state index is 12.9. The van der Waals surface area contributed by atoms with Gasteiger partial charge < -0.3 is 14.9 Å². The van der Waals surface area contributed by atoms with E-state index in [0.29, 0.717) is 24.2 Å². The van der Waals surface area contributed by atoms with Crippen molar-refractivity contribution < 1.29 is 9.90 Å². The van der Waals surface area contributed by atoms with Crippen LogP contribution in [0.15, 0.2) is 30.1 Å². The molecular formula is C21H32N4O2. The molecule has 0 radical (unpaired) electrons. The van der Waals surface area contributed by atoms with Crippen LogP contribution in [0.5, 0.6) is 0 Å². The Morgan fingerprint density at radius 3 is 2.48 bits per heavy atom. The van der Waals surface area contributed by atoms with Crippen LogP contribution < -0.4 is 4.90 Å². The molecular weight excluding hydrogens is 340 g/mol. The van der Waals surface area contributed by atoms with Gasteiger partial charge in [0, 0.05) is 57.5 Å². The third kappa shape index (κ3) is 4.67. The first-order chi connectivity index (χ1) is 13.0. The number of hydrogen-bond acceptors (Lipinski definition) is 5. The van der Waals surface area contributed by atoms with Crippen molar-refractivity contribution in [1.29, 1.82) is 0 Å². The topological polar surface area (TPSA) is 69.6 Å². The van der Waals surface area contributed by atoms with Gasteiger partial charge in [-0.1, -0.05) is 25.5 Å². The van der Waals surface area contributed by atoms with Gasteiger partial charge in [0.25, 0.3) is 0 Å². The standard InChI is InChI=1S/C21H32N4O2/c1-15(2)19-12-17(16(3)11-18(19)14-26)13-20(27)24-7-9-25(10-8-24)21-22-5-4-6-23-21/h4-6,11,15,17-19,26H,7-10,12-14H2,1-3H3/t17-,18-,19-/m0/s1. The number of aromatic nitrogens is 2. The summed E-state index contributed by atoms with van der Waals surface area (Å²) < 4.78 is 0. The van der Waals surface area contributed by atoms with Crippen LogP contribution in [-0.2, 0) is 4.79 Å². The van der Waals surface area contributed by atoms with E-state index < -0.39 is 0 Å². The smallest absolute Gasteiger partial charge is 0.225 e. The fourth-order valence-electron chi connectivity index (χ4n) is 4.44. The Bertz CT molecular complexity index is 653. The van der Waals surface area contributed by atoms with E-state index in [1.54, 1.807) is 12.4 Å². The van der Waals surface area contributed by atoms with Crippen LogP contribution in [0.4, 0.5) is 5.95 Å². The summed E-state index contributed by atoms with van der Waals surface area (Å²) in [5.74, 6) is 2.47. The largest absolute Gasteiger partial charge is 0.396 e. The molecule has 3 rings (SSSR count). The number of hydrogen-bond donors (Lipinski definition) is 1. The average molecular weight is 373 g/mol. The predicted octanol–water partition coefficient (Wildman–Crippen LogP) is 2.36. The number of carbonyl (C=O) groups excluding carboxylic acids is 1. The monoisotopic (exact) mass is 372 g/mol. The van der Waals surface area contributed by atoms with Crippen molar-refractivity contribution in [3.8, 4) is 0 Å². The average Bonchev–Trinajstić information content (AvgIpc) is 2.69. The van der Waals surface area contributed by atoms with Crippen LogP contribution in [0, 0.1) is 23.7 Å². The molecule has 27 heavy (non-hydrogen) atoms. The lowest BCUT2D eigenvalue weighted by Crippen LogP contribution is -2.49. The first-order valence-electron chi connectivity index (χ1n) is 10.1. The molecule has 1 amide bonds. The summed E-state index contributed by atoms with van der Waals surface area (Å²) in [4.78, 5) is 25.6. The van der Waals surface area contributed by atoms with E-state index in [4.69, 9.17) is 0 Å². The SMILES string of the molecule is CC1=C[C@@H](CO)[C@H](C(C)C)C[C@H]1CC(=O)N1CCN(c2ncccn2)CC1. The summed E-state index contributed by atoms with van der Waals surface area (Å²) in [7, 11) is 0. The van der Waals surface area contributed by atoms with Gasteiger partial charge in [0.1, 0.15) is 0 Å². The highest BCUT2D eigenvalue weighted by Gasteiger charge is 2.33. The molecule has 0 bridgehead atoms. The number of aliphatic hydroxyl groups is 1. The molecule has 0 spiro atoms. The Morgan fingerprint density at radius 1 is 1.22 bits per heavy atom. The van der Waals surface area contributed by atoms with E-state index in [0.717, 1.165) is 38.5 Å². The second kappa shape index (κ2) is 8.83. The number of amides is 1. The maximum Gasteiger partial charge on any atom is 0.225 e. The van der Waals surface area contributed by atoms with E-state index in [2.05, 4.69) is 41.7 Å². The molecule has 148 valence electrons. The van der Waals surface area contributed by atoms with Gasteiger partial charge in [-0.05, 0) is 37.2 Å². The molecule has 6 heteroatoms. The van der Waals surface area contributed by atoms with Crippen LogP contribution in [-0.4, -0.2) is 58.7 Å². The van der Waals surface area contributed by atoms with Crippen molar-refractivity contribution in [1.82, 2.24) is 14.9 Å². The molecule has 1 aliphatic heterocycles. The molecule has 0 unspecified atom stereocenters. The Balaban J connectivity index is 1.56. The summed E-state index contributed by atoms with van der Waals surface area (Å²) in [6, 6.07) is 1.81. The van der Waals surface area contributed by atoms with Crippen LogP contribution in [0.3, 0.4) is 0 Å². The van der Waals surface area contributed by atoms with Gasteiger partial charge in [-0.15, -0.1) is 0 Å².